The van der Waals surface area contributed by atoms with Gasteiger partial charge in [-0.15, -0.1) is 0 Å². The fourth-order valence-corrected chi connectivity index (χ4v) is 4.47. The van der Waals surface area contributed by atoms with Crippen molar-refractivity contribution in [1.82, 2.24) is 19.6 Å². The molecule has 1 fully saturated rings. The molecular weight excluding hydrogens is 428 g/mol. The summed E-state index contributed by atoms with van der Waals surface area (Å²) in [6.07, 6.45) is -0.496. The molecule has 7 nitrogen and oxygen atoms in total. The van der Waals surface area contributed by atoms with Crippen LogP contribution in [0.2, 0.25) is 0 Å². The Morgan fingerprint density at radius 1 is 0.971 bits per heavy atom. The predicted octanol–water partition coefficient (Wildman–Crippen LogP) is 3.77. The molecule has 0 aliphatic carbocycles. The molecule has 2 aromatic rings. The Balaban J connectivity index is 1.51. The Morgan fingerprint density at radius 2 is 1.68 bits per heavy atom. The van der Waals surface area contributed by atoms with Crippen molar-refractivity contribution in [2.24, 2.45) is 0 Å². The number of piperazine rings is 1. The van der Waals surface area contributed by atoms with E-state index in [9.17, 15) is 9.59 Å². The van der Waals surface area contributed by atoms with Crippen LogP contribution in [0.15, 0.2) is 36.4 Å². The number of ether oxygens (including phenoxy) is 1. The van der Waals surface area contributed by atoms with E-state index in [-0.39, 0.29) is 11.8 Å². The van der Waals surface area contributed by atoms with E-state index in [1.54, 1.807) is 20.2 Å². The third-order valence-corrected chi connectivity index (χ3v) is 6.75. The number of hydrogen-bond acceptors (Lipinski definition) is 5. The second-order valence-electron chi connectivity index (χ2n) is 10.0. The maximum absolute atomic E-state index is 13.6. The van der Waals surface area contributed by atoms with Crippen LogP contribution in [0.5, 0.6) is 5.75 Å². The quantitative estimate of drug-likeness (QED) is 0.674. The van der Waals surface area contributed by atoms with Crippen LogP contribution in [0.25, 0.3) is 0 Å². The molecule has 0 bridgehead atoms. The normalized spacial score (nSPS) is 16.6. The number of hydrogen-bond donors (Lipinski definition) is 0. The summed E-state index contributed by atoms with van der Waals surface area (Å²) in [5.41, 5.74) is 5.15. The smallest absolute Gasteiger partial charge is 0.409 e. The number of likely N-dealkylation sites (N-methyl/N-ethyl adjacent to an activating group) is 1. The molecule has 0 N–H and O–H groups in total. The molecule has 0 spiro atoms. The van der Waals surface area contributed by atoms with Crippen molar-refractivity contribution in [3.8, 4) is 5.75 Å². The van der Waals surface area contributed by atoms with E-state index in [0.717, 1.165) is 38.3 Å². The van der Waals surface area contributed by atoms with Gasteiger partial charge >= 0.3 is 6.09 Å². The van der Waals surface area contributed by atoms with Crippen LogP contribution in [0.1, 0.15) is 52.4 Å². The molecule has 1 saturated heterocycles. The van der Waals surface area contributed by atoms with E-state index in [1.807, 2.05) is 17.0 Å². The van der Waals surface area contributed by atoms with Gasteiger partial charge in [0.25, 0.3) is 5.91 Å². The average Bonchev–Trinajstić information content (AvgIpc) is 3.23. The summed E-state index contributed by atoms with van der Waals surface area (Å²) in [4.78, 5) is 33.9. The lowest BCUT2D eigenvalue weighted by Crippen LogP contribution is -2.43. The van der Waals surface area contributed by atoms with E-state index < -0.39 is 6.09 Å². The fourth-order valence-electron chi connectivity index (χ4n) is 4.47. The number of nitrogens with zero attached hydrogens (tertiary/aromatic N) is 4. The van der Waals surface area contributed by atoms with Crippen molar-refractivity contribution in [2.45, 2.75) is 39.4 Å². The van der Waals surface area contributed by atoms with Crippen LogP contribution in [0.4, 0.5) is 4.79 Å². The zero-order valence-electron chi connectivity index (χ0n) is 21.0. The van der Waals surface area contributed by atoms with Crippen molar-refractivity contribution in [3.63, 3.8) is 0 Å². The first kappa shape index (κ1) is 24.2. The summed E-state index contributed by atoms with van der Waals surface area (Å²) in [6.45, 7) is 10.6. The lowest BCUT2D eigenvalue weighted by Gasteiger charge is -2.32. The minimum absolute atomic E-state index is 0.110. The molecule has 0 atom stereocenters. The number of carbonyl (C=O) groups is 2. The Bertz CT molecular complexity index is 1060. The largest absolute Gasteiger partial charge is 0.414 e. The minimum atomic E-state index is -0.496. The van der Waals surface area contributed by atoms with E-state index in [0.29, 0.717) is 24.4 Å². The van der Waals surface area contributed by atoms with Gasteiger partial charge in [0.15, 0.2) is 0 Å². The maximum Gasteiger partial charge on any atom is 0.414 e. The lowest BCUT2D eigenvalue weighted by molar-refractivity contribution is 0.0748. The molecular formula is C27H36N4O3. The maximum atomic E-state index is 13.6. The van der Waals surface area contributed by atoms with Crippen molar-refractivity contribution >= 4 is 12.0 Å². The summed E-state index contributed by atoms with van der Waals surface area (Å²) in [7, 11) is 5.42. The number of amides is 2. The topological polar surface area (TPSA) is 56.3 Å². The van der Waals surface area contributed by atoms with Crippen LogP contribution in [0, 0.1) is 0 Å². The van der Waals surface area contributed by atoms with E-state index in [1.165, 1.54) is 21.6 Å². The molecule has 7 heteroatoms. The highest BCUT2D eigenvalue weighted by Crippen LogP contribution is 2.31. The number of rotatable bonds is 5. The van der Waals surface area contributed by atoms with Crippen molar-refractivity contribution < 1.29 is 14.3 Å². The van der Waals surface area contributed by atoms with Crippen molar-refractivity contribution in [1.29, 1.82) is 0 Å². The monoisotopic (exact) mass is 464 g/mol. The van der Waals surface area contributed by atoms with Gasteiger partial charge in [-0.2, -0.15) is 0 Å². The van der Waals surface area contributed by atoms with Gasteiger partial charge in [-0.3, -0.25) is 9.69 Å². The highest BCUT2D eigenvalue weighted by Gasteiger charge is 2.28. The number of carbonyl (C=O) groups excluding carboxylic acids is 2. The summed E-state index contributed by atoms with van der Waals surface area (Å²) in [5.74, 6) is 0.457. The third kappa shape index (κ3) is 5.42. The Kier molecular flexibility index (Phi) is 7.24. The minimum Gasteiger partial charge on any atom is -0.409 e. The zero-order valence-corrected chi connectivity index (χ0v) is 21.0. The van der Waals surface area contributed by atoms with E-state index >= 15 is 0 Å². The lowest BCUT2D eigenvalue weighted by atomic mass is 9.99. The predicted molar refractivity (Wildman–Crippen MR) is 133 cm³/mol. The Hall–Kier alpha value is -2.90. The third-order valence-electron chi connectivity index (χ3n) is 6.75. The Morgan fingerprint density at radius 3 is 2.35 bits per heavy atom. The highest BCUT2D eigenvalue weighted by molar-refractivity contribution is 5.98. The fraction of sp³-hybridized carbons (Fsp3) is 0.481. The van der Waals surface area contributed by atoms with E-state index in [2.05, 4.69) is 48.9 Å². The molecule has 2 aromatic carbocycles. The zero-order chi connectivity index (χ0) is 24.4. The molecule has 182 valence electrons. The summed E-state index contributed by atoms with van der Waals surface area (Å²) < 4.78 is 5.54. The first-order valence-electron chi connectivity index (χ1n) is 12.0. The van der Waals surface area contributed by atoms with Crippen molar-refractivity contribution in [2.75, 3.05) is 47.3 Å². The van der Waals surface area contributed by atoms with Gasteiger partial charge in [0.05, 0.1) is 5.56 Å². The molecule has 2 aliphatic rings. The second-order valence-corrected chi connectivity index (χ2v) is 10.0. The molecule has 2 aliphatic heterocycles. The van der Waals surface area contributed by atoms with Gasteiger partial charge in [0, 0.05) is 59.9 Å². The van der Waals surface area contributed by atoms with Crippen LogP contribution in [-0.2, 0) is 19.6 Å². The molecule has 4 rings (SSSR count). The van der Waals surface area contributed by atoms with Crippen LogP contribution < -0.4 is 4.74 Å². The SMILES string of the molecule is CC(C)c1ccc(OC(=O)N(C)C)c(C(=O)N2Cc3ccc(CN4CCN(C)CC4)cc3C2)c1. The second kappa shape index (κ2) is 10.2. The van der Waals surface area contributed by atoms with Gasteiger partial charge in [0.1, 0.15) is 5.75 Å². The van der Waals surface area contributed by atoms with Gasteiger partial charge in [-0.25, -0.2) is 4.79 Å². The summed E-state index contributed by atoms with van der Waals surface area (Å²) >= 11 is 0. The molecule has 2 heterocycles. The van der Waals surface area contributed by atoms with E-state index in [4.69, 9.17) is 4.74 Å². The Labute approximate surface area is 202 Å². The first-order chi connectivity index (χ1) is 16.2. The van der Waals surface area contributed by atoms with Crippen LogP contribution in [-0.4, -0.2) is 78.9 Å². The first-order valence-corrected chi connectivity index (χ1v) is 12.0. The van der Waals surface area contributed by atoms with Gasteiger partial charge in [-0.05, 0) is 47.4 Å². The molecule has 34 heavy (non-hydrogen) atoms. The van der Waals surface area contributed by atoms with Crippen LogP contribution >= 0.6 is 0 Å². The molecule has 0 unspecified atom stereocenters. The number of fused-ring (bicyclic) bond motifs is 1. The average molecular weight is 465 g/mol. The molecule has 0 aromatic heterocycles. The van der Waals surface area contributed by atoms with Crippen LogP contribution in [0.3, 0.4) is 0 Å². The number of benzene rings is 2. The highest BCUT2D eigenvalue weighted by atomic mass is 16.6. The summed E-state index contributed by atoms with van der Waals surface area (Å²) in [5, 5.41) is 0. The molecule has 2 amide bonds. The molecule has 0 radical (unpaired) electrons. The van der Waals surface area contributed by atoms with Gasteiger partial charge in [-0.1, -0.05) is 38.1 Å². The molecule has 0 saturated carbocycles. The van der Waals surface area contributed by atoms with Gasteiger partial charge < -0.3 is 19.4 Å². The van der Waals surface area contributed by atoms with Gasteiger partial charge in [0.2, 0.25) is 0 Å². The van der Waals surface area contributed by atoms with Crippen molar-refractivity contribution in [3.05, 3.63) is 64.2 Å². The standard InChI is InChI=1S/C27H36N4O3/c1-19(2)21-8-9-25(34-27(33)28(3)4)24(15-21)26(32)31-17-22-7-6-20(14-23(22)18-31)16-30-12-10-29(5)11-13-30/h6-9,14-15,19H,10-13,16-18H2,1-5H3. The summed E-state index contributed by atoms with van der Waals surface area (Å²) in [6, 6.07) is 12.1.